The first-order valence-corrected chi connectivity index (χ1v) is 10.3. The van der Waals surface area contributed by atoms with Crippen LogP contribution in [0.2, 0.25) is 0 Å². The third kappa shape index (κ3) is 3.66. The van der Waals surface area contributed by atoms with Gasteiger partial charge in [-0.15, -0.1) is 0 Å². The molecule has 1 aromatic carbocycles. The first-order chi connectivity index (χ1) is 14.8. The van der Waals surface area contributed by atoms with Crippen LogP contribution in [0.4, 0.5) is 11.8 Å². The molecule has 0 atom stereocenters. The van der Waals surface area contributed by atoms with E-state index >= 15 is 0 Å². The largest absolute Gasteiger partial charge is 0.378 e. The third-order valence-corrected chi connectivity index (χ3v) is 5.69. The van der Waals surface area contributed by atoms with Gasteiger partial charge in [-0.05, 0) is 17.5 Å². The fourth-order valence-corrected chi connectivity index (χ4v) is 4.01. The standard InChI is InChI=1S/C22H24N6O2/c29-21(20-18-4-2-1-3-17(18)5-7-23-20)27-11-9-26(10-12-27)19-6-8-24-22(25-19)28-13-15-30-16-14-28/h1-8H,9-16H2. The molecule has 2 aliphatic heterocycles. The fraction of sp³-hybridized carbons (Fsp3) is 0.364. The summed E-state index contributed by atoms with van der Waals surface area (Å²) in [4.78, 5) is 32.9. The molecular weight excluding hydrogens is 380 g/mol. The lowest BCUT2D eigenvalue weighted by Gasteiger charge is -2.35. The van der Waals surface area contributed by atoms with E-state index in [1.807, 2.05) is 47.5 Å². The molecule has 2 aromatic heterocycles. The van der Waals surface area contributed by atoms with Crippen LogP contribution in [0, 0.1) is 0 Å². The van der Waals surface area contributed by atoms with Gasteiger partial charge in [-0.3, -0.25) is 9.78 Å². The molecule has 0 N–H and O–H groups in total. The summed E-state index contributed by atoms with van der Waals surface area (Å²) in [7, 11) is 0. The lowest BCUT2D eigenvalue weighted by Crippen LogP contribution is -2.49. The Labute approximate surface area is 175 Å². The van der Waals surface area contributed by atoms with Crippen LogP contribution in [0.1, 0.15) is 10.5 Å². The molecular formula is C22H24N6O2. The van der Waals surface area contributed by atoms with Gasteiger partial charge in [0, 0.05) is 57.0 Å². The minimum absolute atomic E-state index is 0.0110. The Balaban J connectivity index is 1.28. The van der Waals surface area contributed by atoms with Gasteiger partial charge in [-0.25, -0.2) is 4.98 Å². The molecule has 5 rings (SSSR count). The van der Waals surface area contributed by atoms with Crippen molar-refractivity contribution in [3.8, 4) is 0 Å². The van der Waals surface area contributed by atoms with Gasteiger partial charge < -0.3 is 19.4 Å². The lowest BCUT2D eigenvalue weighted by atomic mass is 10.1. The van der Waals surface area contributed by atoms with E-state index in [-0.39, 0.29) is 5.91 Å². The van der Waals surface area contributed by atoms with Gasteiger partial charge in [0.15, 0.2) is 0 Å². The highest BCUT2D eigenvalue weighted by molar-refractivity contribution is 6.05. The Morgan fingerprint density at radius 1 is 0.833 bits per heavy atom. The molecule has 0 saturated carbocycles. The predicted molar refractivity (Wildman–Crippen MR) is 115 cm³/mol. The number of hydrogen-bond acceptors (Lipinski definition) is 7. The minimum Gasteiger partial charge on any atom is -0.378 e. The second-order valence-corrected chi connectivity index (χ2v) is 7.47. The molecule has 0 spiro atoms. The average molecular weight is 404 g/mol. The van der Waals surface area contributed by atoms with Gasteiger partial charge >= 0.3 is 0 Å². The molecule has 0 bridgehead atoms. The molecule has 0 aliphatic carbocycles. The molecule has 8 heteroatoms. The monoisotopic (exact) mass is 404 g/mol. The molecule has 30 heavy (non-hydrogen) atoms. The van der Waals surface area contributed by atoms with Crippen molar-refractivity contribution in [2.45, 2.75) is 0 Å². The van der Waals surface area contributed by atoms with E-state index in [2.05, 4.69) is 19.8 Å². The number of aromatic nitrogens is 3. The maximum Gasteiger partial charge on any atom is 0.273 e. The maximum absolute atomic E-state index is 13.1. The van der Waals surface area contributed by atoms with E-state index in [9.17, 15) is 4.79 Å². The van der Waals surface area contributed by atoms with Gasteiger partial charge in [0.05, 0.1) is 13.2 Å². The minimum atomic E-state index is -0.0110. The quantitative estimate of drug-likeness (QED) is 0.659. The van der Waals surface area contributed by atoms with Crippen molar-refractivity contribution in [3.63, 3.8) is 0 Å². The summed E-state index contributed by atoms with van der Waals surface area (Å²) >= 11 is 0. The van der Waals surface area contributed by atoms with Crippen molar-refractivity contribution in [3.05, 3.63) is 54.5 Å². The molecule has 2 aliphatic rings. The summed E-state index contributed by atoms with van der Waals surface area (Å²) < 4.78 is 5.42. The zero-order valence-corrected chi connectivity index (χ0v) is 16.8. The summed E-state index contributed by atoms with van der Waals surface area (Å²) in [6.45, 7) is 5.77. The van der Waals surface area contributed by atoms with Crippen molar-refractivity contribution in [2.24, 2.45) is 0 Å². The average Bonchev–Trinajstić information content (AvgIpc) is 2.84. The number of fused-ring (bicyclic) bond motifs is 1. The summed E-state index contributed by atoms with van der Waals surface area (Å²) in [5.74, 6) is 1.64. The van der Waals surface area contributed by atoms with Crippen LogP contribution in [0.5, 0.6) is 0 Å². The van der Waals surface area contributed by atoms with E-state index in [0.717, 1.165) is 48.7 Å². The maximum atomic E-state index is 13.1. The van der Waals surface area contributed by atoms with Crippen LogP contribution in [0.3, 0.4) is 0 Å². The highest BCUT2D eigenvalue weighted by Gasteiger charge is 2.25. The molecule has 0 radical (unpaired) electrons. The highest BCUT2D eigenvalue weighted by atomic mass is 16.5. The van der Waals surface area contributed by atoms with E-state index < -0.39 is 0 Å². The zero-order chi connectivity index (χ0) is 20.3. The summed E-state index contributed by atoms with van der Waals surface area (Å²) in [5, 5.41) is 1.93. The van der Waals surface area contributed by atoms with Gasteiger partial charge in [0.1, 0.15) is 11.5 Å². The number of pyridine rings is 1. The highest BCUT2D eigenvalue weighted by Crippen LogP contribution is 2.21. The van der Waals surface area contributed by atoms with Crippen molar-refractivity contribution >= 4 is 28.4 Å². The smallest absolute Gasteiger partial charge is 0.273 e. The van der Waals surface area contributed by atoms with Crippen molar-refractivity contribution in [1.82, 2.24) is 19.9 Å². The van der Waals surface area contributed by atoms with Gasteiger partial charge in [0.25, 0.3) is 5.91 Å². The van der Waals surface area contributed by atoms with Crippen LogP contribution in [-0.4, -0.2) is 78.2 Å². The van der Waals surface area contributed by atoms with Crippen LogP contribution < -0.4 is 9.80 Å². The van der Waals surface area contributed by atoms with Gasteiger partial charge in [-0.2, -0.15) is 4.98 Å². The number of amides is 1. The van der Waals surface area contributed by atoms with Crippen LogP contribution in [0.15, 0.2) is 48.8 Å². The van der Waals surface area contributed by atoms with Crippen molar-refractivity contribution < 1.29 is 9.53 Å². The molecule has 4 heterocycles. The number of nitrogens with zero attached hydrogens (tertiary/aromatic N) is 6. The Morgan fingerprint density at radius 3 is 2.43 bits per heavy atom. The fourth-order valence-electron chi connectivity index (χ4n) is 4.01. The van der Waals surface area contributed by atoms with Gasteiger partial charge in [0.2, 0.25) is 5.95 Å². The Morgan fingerprint density at radius 2 is 1.60 bits per heavy atom. The second kappa shape index (κ2) is 8.23. The number of rotatable bonds is 3. The normalized spacial score (nSPS) is 17.4. The molecule has 1 amide bonds. The zero-order valence-electron chi connectivity index (χ0n) is 16.8. The number of benzene rings is 1. The first kappa shape index (κ1) is 18.7. The van der Waals surface area contributed by atoms with E-state index in [1.54, 1.807) is 6.20 Å². The van der Waals surface area contributed by atoms with E-state index in [0.29, 0.717) is 32.0 Å². The number of piperazine rings is 1. The number of ether oxygens (including phenoxy) is 1. The molecule has 154 valence electrons. The number of carbonyl (C=O) groups is 1. The molecule has 2 fully saturated rings. The Bertz CT molecular complexity index is 1040. The Hall–Kier alpha value is -3.26. The van der Waals surface area contributed by atoms with E-state index in [4.69, 9.17) is 9.72 Å². The lowest BCUT2D eigenvalue weighted by molar-refractivity contribution is 0.0743. The topological polar surface area (TPSA) is 74.7 Å². The van der Waals surface area contributed by atoms with Crippen molar-refractivity contribution in [2.75, 3.05) is 62.3 Å². The number of morpholine rings is 1. The summed E-state index contributed by atoms with van der Waals surface area (Å²) in [5.41, 5.74) is 0.526. The van der Waals surface area contributed by atoms with Crippen molar-refractivity contribution in [1.29, 1.82) is 0 Å². The Kier molecular flexibility index (Phi) is 5.15. The number of hydrogen-bond donors (Lipinski definition) is 0. The second-order valence-electron chi connectivity index (χ2n) is 7.47. The first-order valence-electron chi connectivity index (χ1n) is 10.3. The third-order valence-electron chi connectivity index (χ3n) is 5.69. The molecule has 3 aromatic rings. The predicted octanol–water partition coefficient (Wildman–Crippen LogP) is 1.82. The number of anilines is 2. The molecule has 8 nitrogen and oxygen atoms in total. The van der Waals surface area contributed by atoms with E-state index in [1.165, 1.54) is 0 Å². The number of carbonyl (C=O) groups excluding carboxylic acids is 1. The molecule has 0 unspecified atom stereocenters. The summed E-state index contributed by atoms with van der Waals surface area (Å²) in [6.07, 6.45) is 3.52. The van der Waals surface area contributed by atoms with Crippen LogP contribution in [-0.2, 0) is 4.74 Å². The summed E-state index contributed by atoms with van der Waals surface area (Å²) in [6, 6.07) is 11.8. The SMILES string of the molecule is O=C(c1nccc2ccccc12)N1CCN(c2ccnc(N3CCOCC3)n2)CC1. The van der Waals surface area contributed by atoms with Gasteiger partial charge in [-0.1, -0.05) is 24.3 Å². The molecule has 2 saturated heterocycles. The van der Waals surface area contributed by atoms with Crippen LogP contribution >= 0.6 is 0 Å². The van der Waals surface area contributed by atoms with Crippen LogP contribution in [0.25, 0.3) is 10.8 Å².